The van der Waals surface area contributed by atoms with Crippen molar-refractivity contribution in [3.63, 3.8) is 0 Å². The second-order valence-corrected chi connectivity index (χ2v) is 5.35. The molecule has 0 aliphatic heterocycles. The van der Waals surface area contributed by atoms with E-state index in [9.17, 15) is 9.59 Å². The Labute approximate surface area is 141 Å². The maximum absolute atomic E-state index is 11.9. The van der Waals surface area contributed by atoms with Gasteiger partial charge in [-0.25, -0.2) is 9.97 Å². The lowest BCUT2D eigenvalue weighted by atomic mass is 10.3. The maximum Gasteiger partial charge on any atom is 0.260 e. The zero-order valence-electron chi connectivity index (χ0n) is 12.5. The molecule has 0 aliphatic rings. The molecular weight excluding hydrogens is 332 g/mol. The van der Waals surface area contributed by atoms with Crippen LogP contribution in [0.4, 0.5) is 0 Å². The van der Waals surface area contributed by atoms with E-state index < -0.39 is 0 Å². The van der Waals surface area contributed by atoms with Crippen LogP contribution < -0.4 is 15.6 Å². The van der Waals surface area contributed by atoms with Gasteiger partial charge in [-0.1, -0.05) is 17.7 Å². The van der Waals surface area contributed by atoms with Crippen molar-refractivity contribution < 1.29 is 9.53 Å². The fourth-order valence-corrected chi connectivity index (χ4v) is 2.22. The van der Waals surface area contributed by atoms with Crippen molar-refractivity contribution in [3.8, 4) is 5.75 Å². The molecule has 3 rings (SSSR count). The number of pyridine rings is 1. The normalized spacial score (nSPS) is 10.5. The predicted molar refractivity (Wildman–Crippen MR) is 89.0 cm³/mol. The average molecular weight is 345 g/mol. The molecule has 0 unspecified atom stereocenters. The van der Waals surface area contributed by atoms with Crippen molar-refractivity contribution in [2.75, 3.05) is 6.61 Å². The summed E-state index contributed by atoms with van der Waals surface area (Å²) in [5.41, 5.74) is 0.0354. The molecule has 7 nitrogen and oxygen atoms in total. The zero-order valence-corrected chi connectivity index (χ0v) is 13.2. The van der Waals surface area contributed by atoms with Crippen molar-refractivity contribution in [2.45, 2.75) is 6.54 Å². The predicted octanol–water partition coefficient (Wildman–Crippen LogP) is 1.67. The molecule has 0 fully saturated rings. The molecule has 1 aromatic carbocycles. The number of amides is 1. The summed E-state index contributed by atoms with van der Waals surface area (Å²) < 4.78 is 5.33. The number of hydrogen-bond acceptors (Lipinski definition) is 5. The number of ether oxygens (including phenoxy) is 1. The van der Waals surface area contributed by atoms with Gasteiger partial charge in [-0.2, -0.15) is 0 Å². The van der Waals surface area contributed by atoms with E-state index in [0.29, 0.717) is 27.6 Å². The molecule has 8 heteroatoms. The number of carbonyl (C=O) groups is 1. The summed E-state index contributed by atoms with van der Waals surface area (Å²) in [6, 6.07) is 10.1. The van der Waals surface area contributed by atoms with Gasteiger partial charge in [-0.05, 0) is 30.3 Å². The Kier molecular flexibility index (Phi) is 4.72. The van der Waals surface area contributed by atoms with E-state index in [-0.39, 0.29) is 24.6 Å². The number of halogens is 1. The lowest BCUT2D eigenvalue weighted by molar-refractivity contribution is -0.123. The quantitative estimate of drug-likeness (QED) is 0.733. The van der Waals surface area contributed by atoms with Crippen LogP contribution in [0.2, 0.25) is 5.02 Å². The molecule has 0 saturated carbocycles. The summed E-state index contributed by atoms with van der Waals surface area (Å²) in [5.74, 6) is 0.472. The van der Waals surface area contributed by atoms with Gasteiger partial charge in [0.2, 0.25) is 0 Å². The molecule has 0 saturated heterocycles. The second-order valence-electron chi connectivity index (χ2n) is 4.91. The second kappa shape index (κ2) is 7.10. The van der Waals surface area contributed by atoms with E-state index in [1.807, 2.05) is 0 Å². The van der Waals surface area contributed by atoms with Crippen LogP contribution in [0.1, 0.15) is 5.82 Å². The van der Waals surface area contributed by atoms with Gasteiger partial charge in [0.15, 0.2) is 12.3 Å². The summed E-state index contributed by atoms with van der Waals surface area (Å²) in [4.78, 5) is 34.6. The molecule has 1 amide bonds. The lowest BCUT2D eigenvalue weighted by Crippen LogP contribution is -2.30. The van der Waals surface area contributed by atoms with Crippen molar-refractivity contribution in [3.05, 3.63) is 63.8 Å². The number of aromatic amines is 1. The molecule has 0 radical (unpaired) electrons. The van der Waals surface area contributed by atoms with Crippen LogP contribution in [0, 0.1) is 0 Å². The summed E-state index contributed by atoms with van der Waals surface area (Å²) in [6.45, 7) is -0.101. The Morgan fingerprint density at radius 2 is 2.17 bits per heavy atom. The van der Waals surface area contributed by atoms with E-state index in [1.165, 1.54) is 0 Å². The molecule has 0 spiro atoms. The molecule has 0 aliphatic carbocycles. The number of aromatic nitrogens is 3. The molecule has 24 heavy (non-hydrogen) atoms. The molecule has 2 heterocycles. The van der Waals surface area contributed by atoms with Crippen molar-refractivity contribution >= 4 is 28.5 Å². The highest BCUT2D eigenvalue weighted by atomic mass is 35.5. The SMILES string of the molecule is O=C(COc1cccc(Cl)c1)NCc1nc2ncccc2c(=O)[nH]1. The Morgan fingerprint density at radius 3 is 3.00 bits per heavy atom. The molecule has 3 aromatic rings. The summed E-state index contributed by atoms with van der Waals surface area (Å²) in [6.07, 6.45) is 1.55. The van der Waals surface area contributed by atoms with Gasteiger partial charge < -0.3 is 15.0 Å². The number of H-pyrrole nitrogens is 1. The molecule has 2 aromatic heterocycles. The van der Waals surface area contributed by atoms with Crippen LogP contribution in [-0.4, -0.2) is 27.5 Å². The van der Waals surface area contributed by atoms with Crippen LogP contribution in [0.25, 0.3) is 11.0 Å². The van der Waals surface area contributed by atoms with Gasteiger partial charge in [-0.15, -0.1) is 0 Å². The largest absolute Gasteiger partial charge is 0.484 e. The smallest absolute Gasteiger partial charge is 0.260 e. The van der Waals surface area contributed by atoms with E-state index in [2.05, 4.69) is 20.3 Å². The first-order chi connectivity index (χ1) is 11.6. The topological polar surface area (TPSA) is 97.0 Å². The Bertz CT molecular complexity index is 942. The lowest BCUT2D eigenvalue weighted by Gasteiger charge is -2.07. The third-order valence-corrected chi connectivity index (χ3v) is 3.38. The standard InChI is InChI=1S/C16H13ClN4O3/c17-10-3-1-4-11(7-10)24-9-14(22)19-8-13-20-15-12(16(23)21-13)5-2-6-18-15/h1-7H,8-9H2,(H,19,22)(H,18,20,21,23). The van der Waals surface area contributed by atoms with Gasteiger partial charge in [-0.3, -0.25) is 9.59 Å². The molecule has 0 atom stereocenters. The van der Waals surface area contributed by atoms with Crippen molar-refractivity contribution in [1.29, 1.82) is 0 Å². The first-order valence-electron chi connectivity index (χ1n) is 7.11. The fourth-order valence-electron chi connectivity index (χ4n) is 2.04. The number of carbonyl (C=O) groups excluding carboxylic acids is 1. The van der Waals surface area contributed by atoms with E-state index in [4.69, 9.17) is 16.3 Å². The molecular formula is C16H13ClN4O3. The van der Waals surface area contributed by atoms with Crippen LogP contribution in [-0.2, 0) is 11.3 Å². The number of rotatable bonds is 5. The van der Waals surface area contributed by atoms with Crippen LogP contribution in [0.15, 0.2) is 47.4 Å². The average Bonchev–Trinajstić information content (AvgIpc) is 2.58. The number of nitrogens with one attached hydrogen (secondary N) is 2. The Balaban J connectivity index is 1.59. The monoisotopic (exact) mass is 344 g/mol. The Hall–Kier alpha value is -2.93. The van der Waals surface area contributed by atoms with Crippen LogP contribution in [0.3, 0.4) is 0 Å². The number of hydrogen-bond donors (Lipinski definition) is 2. The maximum atomic E-state index is 11.9. The number of nitrogens with zero attached hydrogens (tertiary/aromatic N) is 2. The molecule has 0 bridgehead atoms. The van der Waals surface area contributed by atoms with Gasteiger partial charge in [0.1, 0.15) is 11.6 Å². The van der Waals surface area contributed by atoms with Crippen LogP contribution >= 0.6 is 11.6 Å². The minimum Gasteiger partial charge on any atom is -0.484 e. The summed E-state index contributed by atoms with van der Waals surface area (Å²) in [5, 5.41) is 3.54. The van der Waals surface area contributed by atoms with Crippen molar-refractivity contribution in [2.24, 2.45) is 0 Å². The van der Waals surface area contributed by atoms with Gasteiger partial charge >= 0.3 is 0 Å². The summed E-state index contributed by atoms with van der Waals surface area (Å²) >= 11 is 5.84. The van der Waals surface area contributed by atoms with Gasteiger partial charge in [0, 0.05) is 11.2 Å². The zero-order chi connectivity index (χ0) is 16.9. The Morgan fingerprint density at radius 1 is 1.29 bits per heavy atom. The van der Waals surface area contributed by atoms with Crippen LogP contribution in [0.5, 0.6) is 5.75 Å². The minimum absolute atomic E-state index is 0.0689. The van der Waals surface area contributed by atoms with Gasteiger partial charge in [0.05, 0.1) is 11.9 Å². The highest BCUT2D eigenvalue weighted by molar-refractivity contribution is 6.30. The minimum atomic E-state index is -0.348. The third-order valence-electron chi connectivity index (χ3n) is 3.15. The van der Waals surface area contributed by atoms with Crippen molar-refractivity contribution in [1.82, 2.24) is 20.3 Å². The number of fused-ring (bicyclic) bond motifs is 1. The first-order valence-corrected chi connectivity index (χ1v) is 7.48. The highest BCUT2D eigenvalue weighted by Gasteiger charge is 2.07. The highest BCUT2D eigenvalue weighted by Crippen LogP contribution is 2.16. The first kappa shape index (κ1) is 15.9. The van der Waals surface area contributed by atoms with Gasteiger partial charge in [0.25, 0.3) is 11.5 Å². The molecule has 2 N–H and O–H groups in total. The number of benzene rings is 1. The van der Waals surface area contributed by atoms with E-state index in [1.54, 1.807) is 42.6 Å². The van der Waals surface area contributed by atoms with E-state index in [0.717, 1.165) is 0 Å². The summed E-state index contributed by atoms with van der Waals surface area (Å²) in [7, 11) is 0. The van der Waals surface area contributed by atoms with E-state index >= 15 is 0 Å². The fraction of sp³-hybridized carbons (Fsp3) is 0.125. The third kappa shape index (κ3) is 3.88. The molecule has 122 valence electrons.